The number of methoxy groups -OCH3 is 1. The highest BCUT2D eigenvalue weighted by Crippen LogP contribution is 2.27. The third kappa shape index (κ3) is 2.47. The van der Waals surface area contributed by atoms with Gasteiger partial charge in [-0.15, -0.1) is 0 Å². The van der Waals surface area contributed by atoms with Crippen molar-refractivity contribution in [3.63, 3.8) is 0 Å². The summed E-state index contributed by atoms with van der Waals surface area (Å²) in [5, 5.41) is 0.183. The van der Waals surface area contributed by atoms with E-state index in [1.165, 1.54) is 26.5 Å². The summed E-state index contributed by atoms with van der Waals surface area (Å²) in [6.07, 6.45) is 2.53. The minimum atomic E-state index is 0.183. The highest BCUT2D eigenvalue weighted by Gasteiger charge is 2.35. The number of fused-ring (bicyclic) bond motifs is 1. The van der Waals surface area contributed by atoms with E-state index in [0.717, 1.165) is 13.1 Å². The van der Waals surface area contributed by atoms with Crippen LogP contribution in [-0.4, -0.2) is 58.7 Å². The SMILES string of the molecule is COc1nc(Cl)nc(N2CC3CCCN3CC2C)n1. The molecule has 0 saturated carbocycles. The van der Waals surface area contributed by atoms with Gasteiger partial charge in [-0.1, -0.05) is 0 Å². The van der Waals surface area contributed by atoms with E-state index in [-0.39, 0.29) is 11.3 Å². The largest absolute Gasteiger partial charge is 0.467 e. The number of aromatic nitrogens is 3. The molecule has 3 heterocycles. The van der Waals surface area contributed by atoms with Crippen molar-refractivity contribution in [2.75, 3.05) is 31.6 Å². The van der Waals surface area contributed by atoms with E-state index in [9.17, 15) is 0 Å². The molecule has 2 aliphatic heterocycles. The standard InChI is InChI=1S/C12H18ClN5O/c1-8-6-17-5-3-4-9(17)7-18(8)11-14-10(13)15-12(16-11)19-2/h8-9H,3-7H2,1-2H3. The average Bonchev–Trinajstić information content (AvgIpc) is 2.84. The predicted molar refractivity (Wildman–Crippen MR) is 72.8 cm³/mol. The molecule has 0 radical (unpaired) electrons. The second kappa shape index (κ2) is 5.09. The normalized spacial score (nSPS) is 27.4. The van der Waals surface area contributed by atoms with E-state index in [1.54, 1.807) is 0 Å². The lowest BCUT2D eigenvalue weighted by atomic mass is 10.1. The molecule has 0 spiro atoms. The highest BCUT2D eigenvalue weighted by atomic mass is 35.5. The third-order valence-corrected chi connectivity index (χ3v) is 4.12. The lowest BCUT2D eigenvalue weighted by molar-refractivity contribution is 0.201. The van der Waals surface area contributed by atoms with Crippen molar-refractivity contribution < 1.29 is 4.74 Å². The van der Waals surface area contributed by atoms with Crippen LogP contribution >= 0.6 is 11.6 Å². The molecule has 19 heavy (non-hydrogen) atoms. The van der Waals surface area contributed by atoms with Crippen LogP contribution in [-0.2, 0) is 0 Å². The molecule has 2 saturated heterocycles. The first-order valence-electron chi connectivity index (χ1n) is 6.63. The van der Waals surface area contributed by atoms with E-state index < -0.39 is 0 Å². The second-order valence-electron chi connectivity index (χ2n) is 5.18. The van der Waals surface area contributed by atoms with Crippen LogP contribution in [0.5, 0.6) is 6.01 Å². The van der Waals surface area contributed by atoms with E-state index in [1.807, 2.05) is 0 Å². The molecule has 104 valence electrons. The molecule has 2 unspecified atom stereocenters. The Morgan fingerprint density at radius 1 is 1.26 bits per heavy atom. The van der Waals surface area contributed by atoms with Crippen molar-refractivity contribution in [2.45, 2.75) is 31.8 Å². The van der Waals surface area contributed by atoms with Crippen LogP contribution in [0.25, 0.3) is 0 Å². The van der Waals surface area contributed by atoms with Gasteiger partial charge in [0.2, 0.25) is 11.2 Å². The predicted octanol–water partition coefficient (Wildman–Crippen LogP) is 1.21. The van der Waals surface area contributed by atoms with Gasteiger partial charge in [0.1, 0.15) is 0 Å². The van der Waals surface area contributed by atoms with Gasteiger partial charge < -0.3 is 9.64 Å². The number of piperazine rings is 1. The number of hydrogen-bond donors (Lipinski definition) is 0. The van der Waals surface area contributed by atoms with Crippen LogP contribution < -0.4 is 9.64 Å². The second-order valence-corrected chi connectivity index (χ2v) is 5.52. The Morgan fingerprint density at radius 3 is 2.89 bits per heavy atom. The minimum Gasteiger partial charge on any atom is -0.467 e. The van der Waals surface area contributed by atoms with Gasteiger partial charge in [0.05, 0.1) is 7.11 Å². The van der Waals surface area contributed by atoms with Crippen molar-refractivity contribution >= 4 is 17.5 Å². The lowest BCUT2D eigenvalue weighted by Gasteiger charge is -2.42. The fourth-order valence-corrected chi connectivity index (χ4v) is 3.16. The van der Waals surface area contributed by atoms with Gasteiger partial charge in [-0.3, -0.25) is 4.90 Å². The molecule has 0 aliphatic carbocycles. The first kappa shape index (κ1) is 12.9. The van der Waals surface area contributed by atoms with Crippen molar-refractivity contribution in [2.24, 2.45) is 0 Å². The molecule has 2 atom stereocenters. The molecule has 0 bridgehead atoms. The van der Waals surface area contributed by atoms with Gasteiger partial charge in [0.15, 0.2) is 0 Å². The first-order valence-corrected chi connectivity index (χ1v) is 7.01. The van der Waals surface area contributed by atoms with E-state index >= 15 is 0 Å². The summed E-state index contributed by atoms with van der Waals surface area (Å²) in [4.78, 5) is 17.2. The van der Waals surface area contributed by atoms with Gasteiger partial charge >= 0.3 is 6.01 Å². The zero-order valence-corrected chi connectivity index (χ0v) is 12.0. The van der Waals surface area contributed by atoms with E-state index in [2.05, 4.69) is 31.7 Å². The summed E-state index contributed by atoms with van der Waals surface area (Å²) < 4.78 is 5.06. The molecule has 6 nitrogen and oxygen atoms in total. The van der Waals surface area contributed by atoms with E-state index in [4.69, 9.17) is 16.3 Å². The summed E-state index contributed by atoms with van der Waals surface area (Å²) in [5.41, 5.74) is 0. The molecule has 0 N–H and O–H groups in total. The summed E-state index contributed by atoms with van der Waals surface area (Å²) in [6, 6.07) is 1.26. The Bertz CT molecular complexity index is 471. The highest BCUT2D eigenvalue weighted by molar-refractivity contribution is 6.28. The molecule has 1 aromatic heterocycles. The third-order valence-electron chi connectivity index (χ3n) is 3.95. The van der Waals surface area contributed by atoms with Crippen LogP contribution in [0.15, 0.2) is 0 Å². The number of nitrogens with zero attached hydrogens (tertiary/aromatic N) is 5. The Morgan fingerprint density at radius 2 is 2.11 bits per heavy atom. The summed E-state index contributed by atoms with van der Waals surface area (Å²) in [5.74, 6) is 0.621. The van der Waals surface area contributed by atoms with Crippen LogP contribution in [0, 0.1) is 0 Å². The average molecular weight is 284 g/mol. The van der Waals surface area contributed by atoms with Crippen molar-refractivity contribution in [3.8, 4) is 6.01 Å². The van der Waals surface area contributed by atoms with Crippen LogP contribution in [0.2, 0.25) is 5.28 Å². The zero-order chi connectivity index (χ0) is 13.4. The number of halogens is 1. The maximum Gasteiger partial charge on any atom is 0.322 e. The van der Waals surface area contributed by atoms with Gasteiger partial charge in [0.25, 0.3) is 0 Å². The van der Waals surface area contributed by atoms with Gasteiger partial charge in [-0.25, -0.2) is 0 Å². The molecule has 0 aromatic carbocycles. The van der Waals surface area contributed by atoms with Gasteiger partial charge in [-0.05, 0) is 37.9 Å². The van der Waals surface area contributed by atoms with Crippen molar-refractivity contribution in [1.82, 2.24) is 19.9 Å². The molecular formula is C12H18ClN5O. The zero-order valence-electron chi connectivity index (χ0n) is 11.2. The molecule has 1 aromatic rings. The Labute approximate surface area is 117 Å². The Hall–Kier alpha value is -1.14. The fourth-order valence-electron chi connectivity index (χ4n) is 3.01. The maximum atomic E-state index is 5.93. The minimum absolute atomic E-state index is 0.183. The van der Waals surface area contributed by atoms with Gasteiger partial charge in [0, 0.05) is 25.2 Å². The van der Waals surface area contributed by atoms with E-state index in [0.29, 0.717) is 18.0 Å². The smallest absolute Gasteiger partial charge is 0.322 e. The Kier molecular flexibility index (Phi) is 3.45. The van der Waals surface area contributed by atoms with Crippen LogP contribution in [0.1, 0.15) is 19.8 Å². The number of rotatable bonds is 2. The lowest BCUT2D eigenvalue weighted by Crippen LogP contribution is -2.55. The number of hydrogen-bond acceptors (Lipinski definition) is 6. The van der Waals surface area contributed by atoms with Crippen LogP contribution in [0.4, 0.5) is 5.95 Å². The molecule has 0 amide bonds. The fraction of sp³-hybridized carbons (Fsp3) is 0.750. The van der Waals surface area contributed by atoms with Crippen molar-refractivity contribution in [1.29, 1.82) is 0 Å². The maximum absolute atomic E-state index is 5.93. The molecule has 3 rings (SSSR count). The topological polar surface area (TPSA) is 54.4 Å². The summed E-state index contributed by atoms with van der Waals surface area (Å²) >= 11 is 5.93. The summed E-state index contributed by atoms with van der Waals surface area (Å²) in [6.45, 7) is 5.41. The molecular weight excluding hydrogens is 266 g/mol. The molecule has 7 heteroatoms. The first-order chi connectivity index (χ1) is 9.17. The quantitative estimate of drug-likeness (QED) is 0.813. The monoisotopic (exact) mass is 283 g/mol. The molecule has 2 aliphatic rings. The number of anilines is 1. The summed E-state index contributed by atoms with van der Waals surface area (Å²) in [7, 11) is 1.54. The Balaban J connectivity index is 1.86. The van der Waals surface area contributed by atoms with Crippen LogP contribution in [0.3, 0.4) is 0 Å². The van der Waals surface area contributed by atoms with Gasteiger partial charge in [-0.2, -0.15) is 15.0 Å². The van der Waals surface area contributed by atoms with Crippen molar-refractivity contribution in [3.05, 3.63) is 5.28 Å². The molecule has 2 fully saturated rings. The number of ether oxygens (including phenoxy) is 1.